The van der Waals surface area contributed by atoms with E-state index < -0.39 is 0 Å². The zero-order valence-electron chi connectivity index (χ0n) is 18.6. The Morgan fingerprint density at radius 1 is 1.39 bits per heavy atom. The number of carbonyl (C=O) groups excluding carboxylic acids is 2. The molecular formula is C22H29ClN4O3S. The van der Waals surface area contributed by atoms with Crippen LogP contribution >= 0.6 is 23.4 Å². The van der Waals surface area contributed by atoms with Gasteiger partial charge < -0.3 is 10.1 Å². The predicted octanol–water partition coefficient (Wildman–Crippen LogP) is 3.30. The van der Waals surface area contributed by atoms with Crippen LogP contribution in [0.15, 0.2) is 24.3 Å². The number of aromatic nitrogens is 2. The van der Waals surface area contributed by atoms with Crippen molar-refractivity contribution in [1.29, 1.82) is 0 Å². The highest BCUT2D eigenvalue weighted by Crippen LogP contribution is 2.47. The van der Waals surface area contributed by atoms with Crippen molar-refractivity contribution in [2.24, 2.45) is 7.05 Å². The number of nitrogens with one attached hydrogen (secondary N) is 1. The minimum absolute atomic E-state index is 0.0680. The number of ether oxygens (including phenoxy) is 1. The van der Waals surface area contributed by atoms with Crippen LogP contribution in [-0.2, 0) is 26.8 Å². The van der Waals surface area contributed by atoms with Gasteiger partial charge >= 0.3 is 0 Å². The van der Waals surface area contributed by atoms with E-state index in [2.05, 4.69) is 26.1 Å². The van der Waals surface area contributed by atoms with Crippen molar-refractivity contribution in [3.63, 3.8) is 0 Å². The smallest absolute Gasteiger partial charge is 0.240 e. The molecule has 168 valence electrons. The fourth-order valence-corrected chi connectivity index (χ4v) is 5.06. The molecule has 1 aliphatic heterocycles. The molecule has 0 aliphatic carbocycles. The number of halogens is 1. The number of hydrogen-bond donors (Lipinski definition) is 1. The Hall–Kier alpha value is -2.03. The summed E-state index contributed by atoms with van der Waals surface area (Å²) in [4.78, 5) is 27.2. The molecule has 1 atom stereocenters. The van der Waals surface area contributed by atoms with E-state index in [0.717, 1.165) is 16.8 Å². The Bertz CT molecular complexity index is 970. The third-order valence-corrected chi connectivity index (χ3v) is 6.53. The minimum atomic E-state index is -0.248. The van der Waals surface area contributed by atoms with Crippen LogP contribution in [0.1, 0.15) is 42.8 Å². The predicted molar refractivity (Wildman–Crippen MR) is 125 cm³/mol. The maximum absolute atomic E-state index is 13.1. The summed E-state index contributed by atoms with van der Waals surface area (Å²) < 4.78 is 6.71. The quantitative estimate of drug-likeness (QED) is 0.664. The first-order valence-corrected chi connectivity index (χ1v) is 11.6. The summed E-state index contributed by atoms with van der Waals surface area (Å²) in [6, 6.07) is 7.70. The van der Waals surface area contributed by atoms with E-state index in [0.29, 0.717) is 24.0 Å². The van der Waals surface area contributed by atoms with Gasteiger partial charge in [-0.1, -0.05) is 44.5 Å². The highest BCUT2D eigenvalue weighted by molar-refractivity contribution is 8.00. The number of hydrogen-bond acceptors (Lipinski definition) is 5. The van der Waals surface area contributed by atoms with Gasteiger partial charge in [-0.2, -0.15) is 5.10 Å². The highest BCUT2D eigenvalue weighted by Gasteiger charge is 2.38. The Kier molecular flexibility index (Phi) is 7.34. The molecule has 31 heavy (non-hydrogen) atoms. The molecule has 1 aromatic carbocycles. The molecule has 2 heterocycles. The number of fused-ring (bicyclic) bond motifs is 1. The van der Waals surface area contributed by atoms with Crippen molar-refractivity contribution in [2.75, 3.05) is 37.5 Å². The van der Waals surface area contributed by atoms with Gasteiger partial charge in [0.2, 0.25) is 11.8 Å². The summed E-state index contributed by atoms with van der Waals surface area (Å²) in [5.41, 5.74) is 2.62. The molecule has 2 amide bonds. The van der Waals surface area contributed by atoms with Crippen LogP contribution in [0.5, 0.6) is 0 Å². The second-order valence-electron chi connectivity index (χ2n) is 8.53. The normalized spacial score (nSPS) is 16.8. The molecule has 0 saturated carbocycles. The van der Waals surface area contributed by atoms with Gasteiger partial charge in [0.05, 0.1) is 23.3 Å². The van der Waals surface area contributed by atoms with Crippen LogP contribution in [0.25, 0.3) is 0 Å². The third-order valence-electron chi connectivity index (χ3n) is 5.04. The van der Waals surface area contributed by atoms with Crippen LogP contribution in [0.4, 0.5) is 5.82 Å². The first-order chi connectivity index (χ1) is 14.6. The van der Waals surface area contributed by atoms with Crippen LogP contribution in [-0.4, -0.2) is 54.2 Å². The Balaban J connectivity index is 2.10. The van der Waals surface area contributed by atoms with Gasteiger partial charge in [-0.15, -0.1) is 11.8 Å². The molecular weight excluding hydrogens is 436 g/mol. The molecule has 0 spiro atoms. The minimum Gasteiger partial charge on any atom is -0.383 e. The van der Waals surface area contributed by atoms with E-state index in [1.165, 1.54) is 11.8 Å². The maximum atomic E-state index is 13.1. The summed E-state index contributed by atoms with van der Waals surface area (Å²) in [6.07, 6.45) is 0. The Labute approximate surface area is 192 Å². The van der Waals surface area contributed by atoms with Crippen LogP contribution < -0.4 is 10.2 Å². The standard InChI is InChI=1S/C22H29ClN4O3S/c1-22(2,3)20-18-19(14-7-6-8-15(23)11-14)31-13-17(29)27(21(18)26(4)25-20)12-16(28)24-9-10-30-5/h6-8,11,19H,9-10,12-13H2,1-5H3,(H,24,28). The Morgan fingerprint density at radius 2 is 2.13 bits per heavy atom. The van der Waals surface area contributed by atoms with Crippen molar-refractivity contribution in [3.8, 4) is 0 Å². The molecule has 7 nitrogen and oxygen atoms in total. The van der Waals surface area contributed by atoms with E-state index in [4.69, 9.17) is 21.4 Å². The number of methoxy groups -OCH3 is 1. The van der Waals surface area contributed by atoms with Gasteiger partial charge in [0, 0.05) is 36.7 Å². The van der Waals surface area contributed by atoms with Gasteiger partial charge in [-0.25, -0.2) is 0 Å². The largest absolute Gasteiger partial charge is 0.383 e. The zero-order valence-corrected chi connectivity index (χ0v) is 20.1. The number of thioether (sulfide) groups is 1. The molecule has 9 heteroatoms. The lowest BCUT2D eigenvalue weighted by Gasteiger charge is -2.24. The number of amides is 2. The molecule has 0 radical (unpaired) electrons. The molecule has 2 aromatic rings. The average molecular weight is 465 g/mol. The summed E-state index contributed by atoms with van der Waals surface area (Å²) in [5, 5.41) is 8.11. The summed E-state index contributed by atoms with van der Waals surface area (Å²) >= 11 is 7.82. The van der Waals surface area contributed by atoms with E-state index in [9.17, 15) is 9.59 Å². The molecule has 1 N–H and O–H groups in total. The topological polar surface area (TPSA) is 76.5 Å². The SMILES string of the molecule is COCCNC(=O)CN1C(=O)CSC(c2cccc(Cl)c2)c2c(C(C)(C)C)nn(C)c21. The molecule has 0 saturated heterocycles. The number of anilines is 1. The van der Waals surface area contributed by atoms with Crippen LogP contribution in [0.2, 0.25) is 5.02 Å². The van der Waals surface area contributed by atoms with E-state index in [-0.39, 0.29) is 34.8 Å². The molecule has 0 fully saturated rings. The van der Waals surface area contributed by atoms with Crippen molar-refractivity contribution in [1.82, 2.24) is 15.1 Å². The van der Waals surface area contributed by atoms with Gasteiger partial charge in [-0.05, 0) is 17.7 Å². The zero-order chi connectivity index (χ0) is 22.8. The van der Waals surface area contributed by atoms with Gasteiger partial charge in [0.25, 0.3) is 0 Å². The summed E-state index contributed by atoms with van der Waals surface area (Å²) in [6.45, 7) is 7.04. The molecule has 1 aliphatic rings. The van der Waals surface area contributed by atoms with Gasteiger partial charge in [0.15, 0.2) is 0 Å². The lowest BCUT2D eigenvalue weighted by Crippen LogP contribution is -2.43. The maximum Gasteiger partial charge on any atom is 0.240 e. The summed E-state index contributed by atoms with van der Waals surface area (Å²) in [7, 11) is 3.40. The van der Waals surface area contributed by atoms with Gasteiger partial charge in [-0.3, -0.25) is 19.2 Å². The average Bonchev–Trinajstić information content (AvgIpc) is 2.96. The monoisotopic (exact) mass is 464 g/mol. The van der Waals surface area contributed by atoms with E-state index in [1.54, 1.807) is 16.7 Å². The van der Waals surface area contributed by atoms with Gasteiger partial charge in [0.1, 0.15) is 12.4 Å². The van der Waals surface area contributed by atoms with Crippen molar-refractivity contribution in [2.45, 2.75) is 31.4 Å². The molecule has 0 bridgehead atoms. The lowest BCUT2D eigenvalue weighted by atomic mass is 9.87. The highest BCUT2D eigenvalue weighted by atomic mass is 35.5. The Morgan fingerprint density at radius 3 is 2.77 bits per heavy atom. The lowest BCUT2D eigenvalue weighted by molar-refractivity contribution is -0.123. The van der Waals surface area contributed by atoms with E-state index >= 15 is 0 Å². The van der Waals surface area contributed by atoms with Crippen LogP contribution in [0.3, 0.4) is 0 Å². The van der Waals surface area contributed by atoms with Crippen molar-refractivity contribution < 1.29 is 14.3 Å². The number of carbonyl (C=O) groups is 2. The number of nitrogens with zero attached hydrogens (tertiary/aromatic N) is 3. The summed E-state index contributed by atoms with van der Waals surface area (Å²) in [5.74, 6) is 0.551. The third kappa shape index (κ3) is 5.25. The van der Waals surface area contributed by atoms with E-state index in [1.807, 2.05) is 31.3 Å². The fourth-order valence-electron chi connectivity index (χ4n) is 3.67. The molecule has 3 rings (SSSR count). The fraction of sp³-hybridized carbons (Fsp3) is 0.500. The van der Waals surface area contributed by atoms with Crippen LogP contribution in [0, 0.1) is 0 Å². The number of rotatable bonds is 6. The molecule has 1 unspecified atom stereocenters. The second kappa shape index (κ2) is 9.63. The van der Waals surface area contributed by atoms with Crippen molar-refractivity contribution in [3.05, 3.63) is 46.1 Å². The number of aryl methyl sites for hydroxylation is 1. The number of benzene rings is 1. The first kappa shape index (κ1) is 23.6. The second-order valence-corrected chi connectivity index (χ2v) is 10.1. The van der Waals surface area contributed by atoms with Crippen molar-refractivity contribution >= 4 is 41.0 Å². The first-order valence-electron chi connectivity index (χ1n) is 10.1. The molecule has 1 aromatic heterocycles.